The summed E-state index contributed by atoms with van der Waals surface area (Å²) in [6.07, 6.45) is 0. The predicted molar refractivity (Wildman–Crippen MR) is 227 cm³/mol. The van der Waals surface area contributed by atoms with Crippen LogP contribution < -0.4 is 0 Å². The molecule has 4 nitrogen and oxygen atoms in total. The van der Waals surface area contributed by atoms with E-state index in [1.807, 2.05) is 0 Å². The monoisotopic (exact) mass is 736 g/mol. The van der Waals surface area contributed by atoms with Crippen molar-refractivity contribution in [2.24, 2.45) is 0 Å². The van der Waals surface area contributed by atoms with E-state index in [2.05, 4.69) is 15.0 Å². The van der Waals surface area contributed by atoms with Gasteiger partial charge < -0.3 is 4.57 Å². The van der Waals surface area contributed by atoms with Gasteiger partial charge in [-0.3, -0.25) is 0 Å². The molecule has 10 aromatic rings. The van der Waals surface area contributed by atoms with Crippen molar-refractivity contribution in [2.75, 3.05) is 0 Å². The van der Waals surface area contributed by atoms with Crippen molar-refractivity contribution in [2.45, 2.75) is 0 Å². The number of aromatic nitrogens is 4. The van der Waals surface area contributed by atoms with Crippen LogP contribution in [0.3, 0.4) is 0 Å². The first-order valence-corrected chi connectivity index (χ1v) is 15.8. The summed E-state index contributed by atoms with van der Waals surface area (Å²) < 4.78 is 301. The predicted octanol–water partition coefficient (Wildman–Crippen LogP) is 13.0. The molecule has 0 atom stereocenters. The van der Waals surface area contributed by atoms with Crippen LogP contribution in [-0.4, -0.2) is 19.5 Å². The Morgan fingerprint density at radius 1 is 0.291 bits per heavy atom. The molecule has 258 valence electrons. The lowest BCUT2D eigenvalue weighted by atomic mass is 9.98. The number of nitrogens with zero attached hydrogens (tertiary/aromatic N) is 4. The van der Waals surface area contributed by atoms with Gasteiger partial charge in [0.1, 0.15) is 0 Å². The van der Waals surface area contributed by atoms with Gasteiger partial charge in [0.2, 0.25) is 0 Å². The number of para-hydroxylation sites is 1. The molecule has 0 saturated carbocycles. The number of rotatable bonds is 7. The van der Waals surface area contributed by atoms with Gasteiger partial charge in [-0.05, 0) is 81.7 Å². The van der Waals surface area contributed by atoms with Crippen LogP contribution in [0.5, 0.6) is 0 Å². The lowest BCUT2D eigenvalue weighted by Gasteiger charge is -2.11. The second kappa shape index (κ2) is 13.8. The lowest BCUT2D eigenvalue weighted by Crippen LogP contribution is -2.00. The molecule has 8 aromatic carbocycles. The molecule has 2 aromatic heterocycles. The van der Waals surface area contributed by atoms with E-state index in [1.165, 1.54) is 0 Å². The number of fused-ring (bicyclic) bond motifs is 3. The van der Waals surface area contributed by atoms with Gasteiger partial charge in [0.15, 0.2) is 17.5 Å². The van der Waals surface area contributed by atoms with E-state index in [-0.39, 0.29) is 0 Å². The van der Waals surface area contributed by atoms with Crippen LogP contribution in [0.25, 0.3) is 95.0 Å². The van der Waals surface area contributed by atoms with Gasteiger partial charge >= 0.3 is 0 Å². The fourth-order valence-corrected chi connectivity index (χ4v) is 5.36. The largest absolute Gasteiger partial charge is 0.309 e. The highest BCUT2D eigenvalue weighted by atomic mass is 15.0. The normalized spacial score (nSPS) is 19.9. The van der Waals surface area contributed by atoms with Gasteiger partial charge in [-0.25, -0.2) is 15.0 Å². The van der Waals surface area contributed by atoms with Crippen LogP contribution in [0.4, 0.5) is 0 Å². The lowest BCUT2D eigenvalue weighted by molar-refractivity contribution is 1.07. The third-order valence-electron chi connectivity index (χ3n) is 7.80. The van der Waals surface area contributed by atoms with Gasteiger partial charge in [-0.15, -0.1) is 0 Å². The standard InChI is InChI=1S/C51H34N4/c1-4-13-35(14-5-1)41-19-12-20-42(33-41)37-23-25-39(26-24-37)50-52-49(38-17-8-3-9-18-38)53-51(54-50)40-27-30-44(31-28-40)55-47-22-11-10-21-45(47)46-34-43(29-32-48(46)55)36-15-6-2-7-16-36/h1-34H/i1D,2D,3D,4D,5D,6D,7D,8D,9D,10D,11D,12D,13D,14D,15D,16D,17D,18D,19D,20D,21D,22D,23D,24D,25D,26D,27D,28D,29D,30D,31D,32D,33D,34D. The molecule has 10 rings (SSSR count). The maximum Gasteiger partial charge on any atom is 0.164 e. The Kier molecular flexibility index (Phi) is 3.17. The van der Waals surface area contributed by atoms with Crippen molar-refractivity contribution in [3.63, 3.8) is 0 Å². The first-order chi connectivity index (χ1) is 41.4. The minimum absolute atomic E-state index is 0.615. The topological polar surface area (TPSA) is 43.6 Å². The summed E-state index contributed by atoms with van der Waals surface area (Å²) in [5.74, 6) is -2.96. The Hall–Kier alpha value is -7.43. The molecule has 0 aliphatic rings. The molecule has 0 amide bonds. The maximum atomic E-state index is 9.57. The summed E-state index contributed by atoms with van der Waals surface area (Å²) in [7, 11) is 0. The molecular weight excluding hydrogens is 669 g/mol. The molecule has 0 radical (unpaired) electrons. The number of benzene rings is 8. The van der Waals surface area contributed by atoms with Crippen molar-refractivity contribution in [1.82, 2.24) is 19.5 Å². The third-order valence-corrected chi connectivity index (χ3v) is 7.80. The summed E-state index contributed by atoms with van der Waals surface area (Å²) in [5, 5.41) is -1.25. The number of hydrogen-bond acceptors (Lipinski definition) is 3. The highest BCUT2D eigenvalue weighted by molar-refractivity contribution is 6.10. The molecular formula is C51H34N4. The Bertz CT molecular complexity index is 4820. The van der Waals surface area contributed by atoms with Crippen LogP contribution in [0.2, 0.25) is 0 Å². The van der Waals surface area contributed by atoms with Gasteiger partial charge in [0.05, 0.1) is 57.6 Å². The average Bonchev–Trinajstić information content (AvgIpc) is 1.58. The van der Waals surface area contributed by atoms with E-state index in [4.69, 9.17) is 30.2 Å². The van der Waals surface area contributed by atoms with Crippen LogP contribution in [0.15, 0.2) is 205 Å². The second-order valence-electron chi connectivity index (χ2n) is 11.1. The van der Waals surface area contributed by atoms with E-state index in [9.17, 15) is 16.4 Å². The van der Waals surface area contributed by atoms with Crippen LogP contribution in [0.1, 0.15) is 46.6 Å². The minimum atomic E-state index is -1.17. The first-order valence-electron chi connectivity index (χ1n) is 32.8. The molecule has 0 fully saturated rings. The summed E-state index contributed by atoms with van der Waals surface area (Å²) in [6, 6.07) is -33.9. The molecule has 2 heterocycles. The van der Waals surface area contributed by atoms with E-state index >= 15 is 0 Å². The molecule has 0 saturated heterocycles. The fraction of sp³-hybridized carbons (Fsp3) is 0. The molecule has 0 N–H and O–H groups in total. The van der Waals surface area contributed by atoms with Crippen molar-refractivity contribution in [3.8, 4) is 73.2 Å². The Balaban J connectivity index is 1.29. The van der Waals surface area contributed by atoms with Crippen LogP contribution >= 0.6 is 0 Å². The fourth-order valence-electron chi connectivity index (χ4n) is 5.36. The molecule has 0 aliphatic heterocycles. The molecule has 4 heteroatoms. The molecule has 55 heavy (non-hydrogen) atoms. The summed E-state index contributed by atoms with van der Waals surface area (Å²) in [5.41, 5.74) is -9.98. The third kappa shape index (κ3) is 6.16. The van der Waals surface area contributed by atoms with E-state index in [0.717, 1.165) is 0 Å². The summed E-state index contributed by atoms with van der Waals surface area (Å²) >= 11 is 0. The Morgan fingerprint density at radius 2 is 0.673 bits per heavy atom. The molecule has 0 aliphatic carbocycles. The van der Waals surface area contributed by atoms with Crippen molar-refractivity contribution >= 4 is 21.8 Å². The van der Waals surface area contributed by atoms with Crippen LogP contribution in [0, 0.1) is 0 Å². The highest BCUT2D eigenvalue weighted by Crippen LogP contribution is 2.36. The average molecular weight is 737 g/mol. The van der Waals surface area contributed by atoms with Crippen molar-refractivity contribution < 1.29 is 46.6 Å². The first kappa shape index (κ1) is 12.6. The van der Waals surface area contributed by atoms with Gasteiger partial charge in [0.25, 0.3) is 0 Å². The highest BCUT2D eigenvalue weighted by Gasteiger charge is 2.16. The summed E-state index contributed by atoms with van der Waals surface area (Å²) in [4.78, 5) is 12.7. The molecule has 0 spiro atoms. The smallest absolute Gasteiger partial charge is 0.164 e. The number of hydrogen-bond donors (Lipinski definition) is 0. The van der Waals surface area contributed by atoms with Gasteiger partial charge in [0, 0.05) is 33.2 Å². The minimum Gasteiger partial charge on any atom is -0.309 e. The SMILES string of the molecule is [2H]c1c([2H])c([2H])c(-c2nc(-c3c([2H])c([2H])c(-c4c([2H])c([2H])c([2H])c(-c5c([2H])c([2H])c([2H])c([2H])c5[2H])c4[2H])c([2H])c3[2H])nc(-c3c([2H])c([2H])c(-n4c5c([2H])c([2H])c([2H])c([2H])c5c5c([2H])c(-c6c([2H])c([2H])c([2H])c([2H])c6[2H])c([2H])c([2H])c54)c([2H])c3[2H])n2)c([2H])c1[2H]. The zero-order valence-corrected chi connectivity index (χ0v) is 27.3. The zero-order chi connectivity index (χ0) is 66.1. The van der Waals surface area contributed by atoms with E-state index in [0.29, 0.717) is 4.57 Å². The van der Waals surface area contributed by atoms with Crippen molar-refractivity contribution in [3.05, 3.63) is 205 Å². The Morgan fingerprint density at radius 3 is 1.25 bits per heavy atom. The quantitative estimate of drug-likeness (QED) is 0.164. The second-order valence-corrected chi connectivity index (χ2v) is 11.1. The summed E-state index contributed by atoms with van der Waals surface area (Å²) in [6.45, 7) is 0. The van der Waals surface area contributed by atoms with Crippen LogP contribution in [-0.2, 0) is 0 Å². The van der Waals surface area contributed by atoms with Crippen molar-refractivity contribution in [1.29, 1.82) is 0 Å². The van der Waals surface area contributed by atoms with E-state index in [1.54, 1.807) is 0 Å². The molecule has 0 unspecified atom stereocenters. The maximum absolute atomic E-state index is 9.57. The molecule has 0 bridgehead atoms. The Labute approximate surface area is 367 Å². The van der Waals surface area contributed by atoms with E-state index < -0.39 is 300 Å². The van der Waals surface area contributed by atoms with Gasteiger partial charge in [-0.1, -0.05) is 157 Å². The zero-order valence-electron chi connectivity index (χ0n) is 61.3. The van der Waals surface area contributed by atoms with Gasteiger partial charge in [-0.2, -0.15) is 0 Å².